The lowest BCUT2D eigenvalue weighted by Gasteiger charge is -2.37. The Morgan fingerprint density at radius 1 is 0.810 bits per heavy atom. The molecule has 0 unspecified atom stereocenters. The molecular weight excluding hydrogens is 559 g/mol. The zero-order chi connectivity index (χ0) is 30.1. The van der Waals surface area contributed by atoms with Crippen LogP contribution in [0, 0.1) is 13.8 Å². The lowest BCUT2D eigenvalue weighted by molar-refractivity contribution is -0.938. The minimum Gasteiger partial charge on any atom is -0.335 e. The van der Waals surface area contributed by atoms with Gasteiger partial charge in [-0.25, -0.2) is 0 Å². The van der Waals surface area contributed by atoms with E-state index in [2.05, 4.69) is 88.4 Å². The number of quaternary nitrogens is 1. The largest absolute Gasteiger partial charge is 0.335 e. The number of fused-ring (bicyclic) bond motifs is 1. The van der Waals surface area contributed by atoms with Crippen molar-refractivity contribution in [2.75, 3.05) is 26.2 Å². The van der Waals surface area contributed by atoms with Gasteiger partial charge in [0.1, 0.15) is 6.54 Å². The second-order valence-corrected chi connectivity index (χ2v) is 12.3. The summed E-state index contributed by atoms with van der Waals surface area (Å²) in [6.45, 7) is 14.5. The van der Waals surface area contributed by atoms with E-state index in [-0.39, 0.29) is 5.91 Å². The molecule has 0 aliphatic heterocycles. The molecule has 0 aromatic heterocycles. The Morgan fingerprint density at radius 3 is 2.24 bits per heavy atom. The van der Waals surface area contributed by atoms with E-state index in [1.54, 1.807) is 30.4 Å². The first-order valence-corrected chi connectivity index (χ1v) is 15.8. The van der Waals surface area contributed by atoms with Crippen LogP contribution in [0.4, 0.5) is 0 Å². The molecule has 0 spiro atoms. The summed E-state index contributed by atoms with van der Waals surface area (Å²) < 4.78 is 1.05. The second kappa shape index (κ2) is 14.9. The number of benzene rings is 4. The highest BCUT2D eigenvalue weighted by atomic mass is 35.5. The minimum absolute atomic E-state index is 0.0267. The van der Waals surface area contributed by atoms with Gasteiger partial charge in [-0.1, -0.05) is 88.9 Å². The molecule has 1 amide bonds. The SMILES string of the molecule is CC[N+](CC)(CCCCN(Cc1ccc2ccccc2c1)C(=O)C=Cc1cc(Cl)ccc1Cl)Cc1cc(C)cc(C)c1. The highest BCUT2D eigenvalue weighted by molar-refractivity contribution is 6.34. The fourth-order valence-electron chi connectivity index (χ4n) is 5.87. The third-order valence-corrected chi connectivity index (χ3v) is 8.89. The lowest BCUT2D eigenvalue weighted by atomic mass is 10.1. The summed E-state index contributed by atoms with van der Waals surface area (Å²) in [7, 11) is 0. The molecule has 0 N–H and O–H groups in total. The van der Waals surface area contributed by atoms with Crippen molar-refractivity contribution in [2.45, 2.75) is 53.6 Å². The number of rotatable bonds is 13. The third-order valence-electron chi connectivity index (χ3n) is 8.31. The van der Waals surface area contributed by atoms with Crippen molar-refractivity contribution in [1.82, 2.24) is 4.90 Å². The van der Waals surface area contributed by atoms with Crippen molar-refractivity contribution < 1.29 is 9.28 Å². The fraction of sp³-hybridized carbons (Fsp3) is 0.324. The van der Waals surface area contributed by atoms with Crippen LogP contribution < -0.4 is 0 Å². The normalized spacial score (nSPS) is 11.9. The van der Waals surface area contributed by atoms with Gasteiger partial charge in [0.15, 0.2) is 0 Å². The van der Waals surface area contributed by atoms with Crippen LogP contribution in [0.2, 0.25) is 10.0 Å². The summed E-state index contributed by atoms with van der Waals surface area (Å²) in [6.07, 6.45) is 5.39. The zero-order valence-electron chi connectivity index (χ0n) is 25.4. The van der Waals surface area contributed by atoms with Crippen LogP contribution in [-0.4, -0.2) is 41.5 Å². The molecule has 0 aliphatic carbocycles. The Kier molecular flexibility index (Phi) is 11.3. The summed E-state index contributed by atoms with van der Waals surface area (Å²) >= 11 is 12.5. The molecule has 0 saturated carbocycles. The van der Waals surface area contributed by atoms with E-state index in [9.17, 15) is 4.79 Å². The molecule has 4 aromatic carbocycles. The number of hydrogen-bond acceptors (Lipinski definition) is 1. The topological polar surface area (TPSA) is 20.3 Å². The maximum absolute atomic E-state index is 13.5. The van der Waals surface area contributed by atoms with E-state index in [1.807, 2.05) is 4.90 Å². The number of aryl methyl sites for hydroxylation is 2. The van der Waals surface area contributed by atoms with Crippen molar-refractivity contribution >= 4 is 46.0 Å². The van der Waals surface area contributed by atoms with Gasteiger partial charge in [0.2, 0.25) is 5.91 Å². The van der Waals surface area contributed by atoms with Gasteiger partial charge in [-0.2, -0.15) is 0 Å². The third kappa shape index (κ3) is 8.70. The number of halogens is 2. The molecule has 0 heterocycles. The molecular formula is C37H43Cl2N2O+. The summed E-state index contributed by atoms with van der Waals surface area (Å²) in [5.74, 6) is -0.0267. The van der Waals surface area contributed by atoms with Crippen LogP contribution in [0.15, 0.2) is 84.9 Å². The fourth-order valence-corrected chi connectivity index (χ4v) is 6.23. The zero-order valence-corrected chi connectivity index (χ0v) is 26.9. The minimum atomic E-state index is -0.0267. The van der Waals surface area contributed by atoms with Gasteiger partial charge in [0.05, 0.1) is 19.6 Å². The van der Waals surface area contributed by atoms with Gasteiger partial charge >= 0.3 is 0 Å². The molecule has 0 bridgehead atoms. The highest BCUT2D eigenvalue weighted by Gasteiger charge is 2.24. The Morgan fingerprint density at radius 2 is 1.52 bits per heavy atom. The lowest BCUT2D eigenvalue weighted by Crippen LogP contribution is -2.47. The maximum atomic E-state index is 13.5. The average molecular weight is 603 g/mol. The number of carbonyl (C=O) groups is 1. The Hall–Kier alpha value is -3.11. The first-order valence-electron chi connectivity index (χ1n) is 15.0. The van der Waals surface area contributed by atoms with E-state index in [0.717, 1.165) is 54.6 Å². The molecule has 3 nitrogen and oxygen atoms in total. The van der Waals surface area contributed by atoms with Crippen LogP contribution in [0.5, 0.6) is 0 Å². The summed E-state index contributed by atoms with van der Waals surface area (Å²) in [5.41, 5.74) is 5.92. The van der Waals surface area contributed by atoms with E-state index in [4.69, 9.17) is 23.2 Å². The maximum Gasteiger partial charge on any atom is 0.246 e. The van der Waals surface area contributed by atoms with Crippen LogP contribution in [0.25, 0.3) is 16.8 Å². The predicted octanol–water partition coefficient (Wildman–Crippen LogP) is 9.64. The molecule has 0 fully saturated rings. The Balaban J connectivity index is 1.47. The Bertz CT molecular complexity index is 1520. The van der Waals surface area contributed by atoms with Crippen LogP contribution in [0.3, 0.4) is 0 Å². The Labute approximate surface area is 262 Å². The quantitative estimate of drug-likeness (QED) is 0.0848. The number of carbonyl (C=O) groups excluding carboxylic acids is 1. The average Bonchev–Trinajstić information content (AvgIpc) is 2.97. The van der Waals surface area contributed by atoms with Crippen LogP contribution in [0.1, 0.15) is 54.5 Å². The number of nitrogens with zero attached hydrogens (tertiary/aromatic N) is 2. The summed E-state index contributed by atoms with van der Waals surface area (Å²) in [4.78, 5) is 15.5. The van der Waals surface area contributed by atoms with Crippen molar-refractivity contribution in [1.29, 1.82) is 0 Å². The van der Waals surface area contributed by atoms with E-state index in [1.165, 1.54) is 27.5 Å². The molecule has 220 valence electrons. The van der Waals surface area contributed by atoms with Gasteiger partial charge < -0.3 is 9.38 Å². The van der Waals surface area contributed by atoms with Gasteiger partial charge in [-0.15, -0.1) is 0 Å². The van der Waals surface area contributed by atoms with Gasteiger partial charge in [0.25, 0.3) is 0 Å². The summed E-state index contributed by atoms with van der Waals surface area (Å²) in [5, 5.41) is 3.55. The molecule has 0 radical (unpaired) electrons. The van der Waals surface area contributed by atoms with Crippen molar-refractivity contribution in [2.24, 2.45) is 0 Å². The smallest absolute Gasteiger partial charge is 0.246 e. The highest BCUT2D eigenvalue weighted by Crippen LogP contribution is 2.23. The monoisotopic (exact) mass is 601 g/mol. The molecule has 0 atom stereocenters. The van der Waals surface area contributed by atoms with Crippen molar-refractivity contribution in [3.05, 3.63) is 123 Å². The van der Waals surface area contributed by atoms with Crippen molar-refractivity contribution in [3.8, 4) is 0 Å². The number of amides is 1. The molecule has 0 aliphatic rings. The second-order valence-electron chi connectivity index (χ2n) is 11.5. The van der Waals surface area contributed by atoms with Crippen molar-refractivity contribution in [3.63, 3.8) is 0 Å². The molecule has 42 heavy (non-hydrogen) atoms. The van der Waals surface area contributed by atoms with E-state index < -0.39 is 0 Å². The number of hydrogen-bond donors (Lipinski definition) is 0. The van der Waals surface area contributed by atoms with Gasteiger partial charge in [-0.3, -0.25) is 4.79 Å². The summed E-state index contributed by atoms with van der Waals surface area (Å²) in [6, 6.07) is 27.0. The van der Waals surface area contributed by atoms with Gasteiger partial charge in [0, 0.05) is 34.8 Å². The molecule has 4 rings (SSSR count). The molecule has 0 saturated heterocycles. The van der Waals surface area contributed by atoms with Crippen LogP contribution in [-0.2, 0) is 17.9 Å². The van der Waals surface area contributed by atoms with E-state index in [0.29, 0.717) is 23.1 Å². The van der Waals surface area contributed by atoms with Gasteiger partial charge in [-0.05, 0) is 92.8 Å². The predicted molar refractivity (Wildman–Crippen MR) is 180 cm³/mol. The number of unbranched alkanes of at least 4 members (excludes halogenated alkanes) is 1. The first-order chi connectivity index (χ1) is 20.2. The first kappa shape index (κ1) is 31.8. The molecule has 4 aromatic rings. The van der Waals surface area contributed by atoms with Crippen LogP contribution >= 0.6 is 23.2 Å². The van der Waals surface area contributed by atoms with E-state index >= 15 is 0 Å². The standard InChI is InChI=1S/C37H43Cl2N2O/c1-5-41(6-2,27-31-22-28(3)21-29(4)23-31)20-10-9-19-40(26-30-13-14-32-11-7-8-12-33(32)24-30)37(42)18-15-34-25-35(38)16-17-36(34)39/h7-8,11-18,21-25H,5-6,9-10,19-20,26-27H2,1-4H3/q+1. The molecule has 5 heteroatoms.